The summed E-state index contributed by atoms with van der Waals surface area (Å²) in [6.07, 6.45) is 21.9. The fourth-order valence-corrected chi connectivity index (χ4v) is 8.69. The number of unbranched alkanes of at least 4 members (excludes halogenated alkanes) is 1. The molecule has 3 unspecified atom stereocenters. The molecule has 0 radical (unpaired) electrons. The van der Waals surface area contributed by atoms with Crippen molar-refractivity contribution in [2.24, 2.45) is 53.3 Å². The molecule has 1 aromatic carbocycles. The molecule has 1 fully saturated rings. The van der Waals surface area contributed by atoms with Crippen molar-refractivity contribution in [1.82, 2.24) is 10.6 Å². The third kappa shape index (κ3) is 17.9. The fraction of sp³-hybridized carbons (Fsp3) is 0.714. The molecule has 2 aliphatic rings. The smallest absolute Gasteiger partial charge is 0.0517 e. The topological polar surface area (TPSA) is 24.1 Å². The van der Waals surface area contributed by atoms with Gasteiger partial charge in [0.2, 0.25) is 0 Å². The lowest BCUT2D eigenvalue weighted by molar-refractivity contribution is 0.189. The molecule has 2 aliphatic carbocycles. The minimum atomic E-state index is 0.312. The maximum Gasteiger partial charge on any atom is 0.0517 e. The van der Waals surface area contributed by atoms with E-state index in [1.807, 2.05) is 0 Å². The molecule has 0 bridgehead atoms. The van der Waals surface area contributed by atoms with Crippen LogP contribution in [-0.2, 0) is 6.42 Å². The average molecular weight is 703 g/mol. The van der Waals surface area contributed by atoms with E-state index in [9.17, 15) is 0 Å². The fourth-order valence-electron chi connectivity index (χ4n) is 8.69. The van der Waals surface area contributed by atoms with Crippen molar-refractivity contribution in [3.05, 3.63) is 84.2 Å². The average Bonchev–Trinajstić information content (AvgIpc) is 3.82. The van der Waals surface area contributed by atoms with Gasteiger partial charge in [-0.15, -0.1) is 0 Å². The van der Waals surface area contributed by atoms with Crippen LogP contribution in [0.15, 0.2) is 78.7 Å². The first kappa shape index (κ1) is 46.8. The Morgan fingerprint density at radius 2 is 1.47 bits per heavy atom. The largest absolute Gasteiger partial charge is 0.389 e. The van der Waals surface area contributed by atoms with E-state index in [0.29, 0.717) is 23.8 Å². The van der Waals surface area contributed by atoms with Crippen LogP contribution in [0.5, 0.6) is 0 Å². The zero-order chi connectivity index (χ0) is 38.3. The van der Waals surface area contributed by atoms with Gasteiger partial charge in [0.15, 0.2) is 0 Å². The van der Waals surface area contributed by atoms with E-state index < -0.39 is 0 Å². The summed E-state index contributed by atoms with van der Waals surface area (Å²) < 4.78 is 0. The number of rotatable bonds is 21. The van der Waals surface area contributed by atoms with Gasteiger partial charge in [0.25, 0.3) is 0 Å². The Morgan fingerprint density at radius 1 is 0.843 bits per heavy atom. The minimum absolute atomic E-state index is 0.312. The van der Waals surface area contributed by atoms with Crippen LogP contribution in [0, 0.1) is 53.3 Å². The van der Waals surface area contributed by atoms with Crippen LogP contribution in [0.4, 0.5) is 0 Å². The summed E-state index contributed by atoms with van der Waals surface area (Å²) in [4.78, 5) is 0. The van der Waals surface area contributed by atoms with Crippen molar-refractivity contribution in [3.63, 3.8) is 0 Å². The molecule has 0 amide bonds. The quantitative estimate of drug-likeness (QED) is 0.133. The van der Waals surface area contributed by atoms with Crippen LogP contribution >= 0.6 is 0 Å². The Labute approximate surface area is 319 Å². The van der Waals surface area contributed by atoms with E-state index in [2.05, 4.69) is 155 Å². The highest BCUT2D eigenvalue weighted by molar-refractivity contribution is 5.31. The summed E-state index contributed by atoms with van der Waals surface area (Å²) in [6.45, 7) is 38.0. The highest BCUT2D eigenvalue weighted by Crippen LogP contribution is 2.43. The lowest BCUT2D eigenvalue weighted by atomic mass is 9.75. The lowest BCUT2D eigenvalue weighted by Crippen LogP contribution is -2.36. The number of hydrogen-bond acceptors (Lipinski definition) is 2. The molecular formula is C49H86N2. The van der Waals surface area contributed by atoms with Crippen LogP contribution in [0.2, 0.25) is 0 Å². The number of benzene rings is 1. The van der Waals surface area contributed by atoms with Gasteiger partial charge in [-0.1, -0.05) is 177 Å². The molecule has 292 valence electrons. The molecule has 0 saturated heterocycles. The zero-order valence-corrected chi connectivity index (χ0v) is 36.0. The highest BCUT2D eigenvalue weighted by Gasteiger charge is 2.35. The van der Waals surface area contributed by atoms with Gasteiger partial charge in [-0.3, -0.25) is 0 Å². The monoisotopic (exact) mass is 703 g/mol. The Morgan fingerprint density at radius 3 is 2.02 bits per heavy atom. The molecule has 0 spiro atoms. The van der Waals surface area contributed by atoms with E-state index in [4.69, 9.17) is 0 Å². The zero-order valence-electron chi connectivity index (χ0n) is 36.0. The maximum atomic E-state index is 4.62. The van der Waals surface area contributed by atoms with Gasteiger partial charge in [-0.2, -0.15) is 0 Å². The summed E-state index contributed by atoms with van der Waals surface area (Å²) >= 11 is 0. The molecule has 2 nitrogen and oxygen atoms in total. The van der Waals surface area contributed by atoms with E-state index >= 15 is 0 Å². The SMILES string of the molecule is C=C(CCC(C)C(C(C)C)C(C)C)NC[C@H](C)CCC1CCCC1[C@H](C)[C@H](C)C(=C)N[C@@H](Cc1ccccc1)C1=CC=CC1.CCC.CCCC. The minimum Gasteiger partial charge on any atom is -0.389 e. The third-order valence-electron chi connectivity index (χ3n) is 12.0. The van der Waals surface area contributed by atoms with Crippen LogP contribution in [0.25, 0.3) is 0 Å². The Balaban J connectivity index is 0.00000170. The molecule has 51 heavy (non-hydrogen) atoms. The van der Waals surface area contributed by atoms with Crippen molar-refractivity contribution < 1.29 is 0 Å². The molecule has 2 heteroatoms. The van der Waals surface area contributed by atoms with Crippen molar-refractivity contribution in [2.45, 2.75) is 166 Å². The third-order valence-corrected chi connectivity index (χ3v) is 12.0. The molecule has 0 aromatic heterocycles. The van der Waals surface area contributed by atoms with Crippen LogP contribution in [-0.4, -0.2) is 12.6 Å². The van der Waals surface area contributed by atoms with E-state index in [1.165, 1.54) is 80.3 Å². The van der Waals surface area contributed by atoms with Crippen LogP contribution < -0.4 is 10.6 Å². The van der Waals surface area contributed by atoms with Crippen molar-refractivity contribution in [3.8, 4) is 0 Å². The van der Waals surface area contributed by atoms with Crippen LogP contribution in [0.1, 0.15) is 159 Å². The van der Waals surface area contributed by atoms with Crippen molar-refractivity contribution in [1.29, 1.82) is 0 Å². The molecule has 1 saturated carbocycles. The maximum absolute atomic E-state index is 4.62. The predicted molar refractivity (Wildman–Crippen MR) is 231 cm³/mol. The van der Waals surface area contributed by atoms with E-state index in [0.717, 1.165) is 61.3 Å². The first-order chi connectivity index (χ1) is 24.3. The van der Waals surface area contributed by atoms with Gasteiger partial charge in [-0.05, 0) is 109 Å². The summed E-state index contributed by atoms with van der Waals surface area (Å²) in [5.74, 6) is 6.46. The number of allylic oxidation sites excluding steroid dienone is 5. The Hall–Kier alpha value is -2.22. The highest BCUT2D eigenvalue weighted by atomic mass is 14.9. The number of hydrogen-bond donors (Lipinski definition) is 2. The second kappa shape index (κ2) is 26.5. The summed E-state index contributed by atoms with van der Waals surface area (Å²) in [5, 5.41) is 7.63. The standard InChI is InChI=1S/C42H68N2.C4H10.C3H8/c1-29(2)42(30(3)4)32(6)24-25-33(7)43-28-31(5)23-26-38-21-16-22-40(38)35(9)34(8)36(10)44-41(39-19-14-15-20-39)27-37-17-12-11-13-18-37;1-3-4-2;1-3-2/h11-15,17-19,29-32,34-35,38,40-44H,7,10,16,20-28H2,1-6,8-9H3;3-4H2,1-2H3;3H2,1-2H3/t31-,32?,34+,35-,38?,40?,41+;;/m1../s1. The molecule has 3 rings (SSSR count). The normalized spacial score (nSPS) is 19.7. The number of nitrogens with one attached hydrogen (secondary N) is 2. The van der Waals surface area contributed by atoms with E-state index in [1.54, 1.807) is 0 Å². The molecular weight excluding hydrogens is 617 g/mol. The molecule has 0 aliphatic heterocycles. The lowest BCUT2D eigenvalue weighted by Gasteiger charge is -2.34. The van der Waals surface area contributed by atoms with E-state index in [-0.39, 0.29) is 0 Å². The van der Waals surface area contributed by atoms with Crippen molar-refractivity contribution in [2.75, 3.05) is 6.54 Å². The molecule has 7 atom stereocenters. The molecule has 0 heterocycles. The van der Waals surface area contributed by atoms with Crippen molar-refractivity contribution >= 4 is 0 Å². The van der Waals surface area contributed by atoms with Gasteiger partial charge in [0, 0.05) is 17.9 Å². The van der Waals surface area contributed by atoms with Gasteiger partial charge in [0.1, 0.15) is 0 Å². The predicted octanol–water partition coefficient (Wildman–Crippen LogP) is 14.4. The van der Waals surface area contributed by atoms with Gasteiger partial charge >= 0.3 is 0 Å². The van der Waals surface area contributed by atoms with Gasteiger partial charge in [0.05, 0.1) is 6.04 Å². The second-order valence-corrected chi connectivity index (χ2v) is 17.2. The first-order valence-electron chi connectivity index (χ1n) is 21.6. The molecule has 1 aromatic rings. The molecule has 2 N–H and O–H groups in total. The summed E-state index contributed by atoms with van der Waals surface area (Å²) in [6, 6.07) is 11.2. The summed E-state index contributed by atoms with van der Waals surface area (Å²) in [7, 11) is 0. The van der Waals surface area contributed by atoms with Gasteiger partial charge in [-0.25, -0.2) is 0 Å². The van der Waals surface area contributed by atoms with Crippen LogP contribution in [0.3, 0.4) is 0 Å². The second-order valence-electron chi connectivity index (χ2n) is 17.2. The summed E-state index contributed by atoms with van der Waals surface area (Å²) in [5.41, 5.74) is 5.31. The van der Waals surface area contributed by atoms with Gasteiger partial charge < -0.3 is 10.6 Å². The Kier molecular flexibility index (Phi) is 24.3. The first-order valence-corrected chi connectivity index (χ1v) is 21.6. The Bertz CT molecular complexity index is 1100.